The minimum Gasteiger partial charge on any atom is -0.492 e. The fourth-order valence-electron chi connectivity index (χ4n) is 3.59. The van der Waals surface area contributed by atoms with Gasteiger partial charge in [0, 0.05) is 36.9 Å². The number of hydrogen-bond acceptors (Lipinski definition) is 6. The molecule has 0 fully saturated rings. The molecule has 176 valence electrons. The van der Waals surface area contributed by atoms with Crippen molar-refractivity contribution in [3.05, 3.63) is 67.0 Å². The van der Waals surface area contributed by atoms with Crippen LogP contribution in [0.1, 0.15) is 0 Å². The van der Waals surface area contributed by atoms with E-state index in [-0.39, 0.29) is 13.2 Å². The molecule has 0 unspecified atom stereocenters. The van der Waals surface area contributed by atoms with Gasteiger partial charge in [0.05, 0.1) is 12.1 Å². The lowest BCUT2D eigenvalue weighted by Gasteiger charge is -2.18. The number of rotatable bonds is 8. The summed E-state index contributed by atoms with van der Waals surface area (Å²) in [6, 6.07) is 17.1. The second-order valence-corrected chi connectivity index (χ2v) is 7.85. The Morgan fingerprint density at radius 2 is 1.76 bits per heavy atom. The number of halogens is 3. The Kier molecular flexibility index (Phi) is 6.93. The number of ether oxygens (including phenoxy) is 1. The number of anilines is 1. The topological polar surface area (TPSA) is 63.2 Å². The van der Waals surface area contributed by atoms with Crippen LogP contribution in [0.25, 0.3) is 33.4 Å². The average molecular weight is 467 g/mol. The van der Waals surface area contributed by atoms with Crippen molar-refractivity contribution in [2.24, 2.45) is 0 Å². The molecule has 0 aliphatic heterocycles. The molecule has 4 rings (SSSR count). The van der Waals surface area contributed by atoms with E-state index in [1.165, 1.54) is 11.9 Å². The van der Waals surface area contributed by atoms with Gasteiger partial charge in [-0.05, 0) is 54.6 Å². The third kappa shape index (κ3) is 5.79. The van der Waals surface area contributed by atoms with Crippen molar-refractivity contribution >= 4 is 16.7 Å². The average Bonchev–Trinajstić information content (AvgIpc) is 2.82. The number of benzene rings is 2. The van der Waals surface area contributed by atoms with E-state index in [1.807, 2.05) is 55.6 Å². The summed E-state index contributed by atoms with van der Waals surface area (Å²) in [5, 5.41) is 4.01. The molecule has 2 heterocycles. The molecular weight excluding hydrogens is 443 g/mol. The zero-order valence-corrected chi connectivity index (χ0v) is 18.8. The predicted molar refractivity (Wildman–Crippen MR) is 127 cm³/mol. The highest BCUT2D eigenvalue weighted by atomic mass is 19.4. The molecule has 0 spiro atoms. The molecule has 2 aromatic carbocycles. The van der Waals surface area contributed by atoms with Gasteiger partial charge in [-0.25, -0.2) is 9.97 Å². The Bertz CT molecular complexity index is 1260. The van der Waals surface area contributed by atoms with E-state index in [4.69, 9.17) is 4.74 Å². The van der Waals surface area contributed by atoms with Gasteiger partial charge in [0.2, 0.25) is 0 Å². The molecule has 2 aromatic heterocycles. The van der Waals surface area contributed by atoms with Crippen LogP contribution < -0.4 is 10.1 Å². The lowest BCUT2D eigenvalue weighted by Crippen LogP contribution is -2.33. The summed E-state index contributed by atoms with van der Waals surface area (Å²) in [6.45, 7) is -0.643. The summed E-state index contributed by atoms with van der Waals surface area (Å²) < 4.78 is 43.1. The van der Waals surface area contributed by atoms with Crippen molar-refractivity contribution in [1.82, 2.24) is 19.9 Å². The standard InChI is InChI=1S/C25H24F3N5O/c1-29-24-21-14-18(8-9-22(21)31-23(32-24)19-6-4-10-30-15-19)17-5-3-7-20(13-17)34-12-11-33(2)16-25(26,27)28/h3-10,13-15H,11-12,16H2,1-2H3,(H,29,31,32). The van der Waals surface area contributed by atoms with E-state index in [0.717, 1.165) is 27.6 Å². The van der Waals surface area contributed by atoms with Crippen LogP contribution in [-0.4, -0.2) is 59.8 Å². The molecule has 4 aromatic rings. The van der Waals surface area contributed by atoms with Gasteiger partial charge in [0.15, 0.2) is 5.82 Å². The second kappa shape index (κ2) is 10.0. The Morgan fingerprint density at radius 3 is 2.50 bits per heavy atom. The Balaban J connectivity index is 1.54. The van der Waals surface area contributed by atoms with Crippen LogP contribution >= 0.6 is 0 Å². The molecule has 0 amide bonds. The molecule has 0 atom stereocenters. The Morgan fingerprint density at radius 1 is 0.971 bits per heavy atom. The number of aromatic nitrogens is 3. The van der Waals surface area contributed by atoms with Gasteiger partial charge in [-0.1, -0.05) is 18.2 Å². The monoisotopic (exact) mass is 467 g/mol. The van der Waals surface area contributed by atoms with Crippen LogP contribution in [-0.2, 0) is 0 Å². The van der Waals surface area contributed by atoms with Crippen molar-refractivity contribution in [1.29, 1.82) is 0 Å². The Hall–Kier alpha value is -3.72. The highest BCUT2D eigenvalue weighted by Crippen LogP contribution is 2.30. The van der Waals surface area contributed by atoms with Gasteiger partial charge in [-0.3, -0.25) is 9.88 Å². The van der Waals surface area contributed by atoms with Crippen LogP contribution in [0.3, 0.4) is 0 Å². The first-order valence-corrected chi connectivity index (χ1v) is 10.7. The van der Waals surface area contributed by atoms with E-state index >= 15 is 0 Å². The molecule has 0 saturated heterocycles. The SMILES string of the molecule is CNc1nc(-c2cccnc2)nc2ccc(-c3cccc(OCCN(C)CC(F)(F)F)c3)cc12. The summed E-state index contributed by atoms with van der Waals surface area (Å²) in [7, 11) is 3.23. The van der Waals surface area contributed by atoms with Crippen molar-refractivity contribution in [3.63, 3.8) is 0 Å². The van der Waals surface area contributed by atoms with E-state index < -0.39 is 12.7 Å². The van der Waals surface area contributed by atoms with E-state index in [1.54, 1.807) is 18.5 Å². The lowest BCUT2D eigenvalue weighted by molar-refractivity contribution is -0.143. The summed E-state index contributed by atoms with van der Waals surface area (Å²) in [5.74, 6) is 1.88. The first-order valence-electron chi connectivity index (χ1n) is 10.7. The summed E-state index contributed by atoms with van der Waals surface area (Å²) in [6.07, 6.45) is -0.796. The molecule has 9 heteroatoms. The number of likely N-dealkylation sites (N-methyl/N-ethyl adjacent to an activating group) is 1. The molecule has 0 radical (unpaired) electrons. The molecule has 34 heavy (non-hydrogen) atoms. The quantitative estimate of drug-likeness (QED) is 0.381. The van der Waals surface area contributed by atoms with Gasteiger partial charge < -0.3 is 10.1 Å². The van der Waals surface area contributed by atoms with Gasteiger partial charge in [0.1, 0.15) is 18.2 Å². The third-order valence-corrected chi connectivity index (χ3v) is 5.21. The fourth-order valence-corrected chi connectivity index (χ4v) is 3.59. The second-order valence-electron chi connectivity index (χ2n) is 7.85. The molecule has 0 saturated carbocycles. The highest BCUT2D eigenvalue weighted by Gasteiger charge is 2.28. The zero-order valence-electron chi connectivity index (χ0n) is 18.8. The maximum absolute atomic E-state index is 12.5. The zero-order chi connectivity index (χ0) is 24.1. The summed E-state index contributed by atoms with van der Waals surface area (Å²) in [4.78, 5) is 14.7. The Labute approximate surface area is 195 Å². The number of hydrogen-bond donors (Lipinski definition) is 1. The maximum atomic E-state index is 12.5. The minimum absolute atomic E-state index is 0.155. The number of fused-ring (bicyclic) bond motifs is 1. The summed E-state index contributed by atoms with van der Waals surface area (Å²) in [5.41, 5.74) is 3.49. The van der Waals surface area contributed by atoms with Crippen molar-refractivity contribution < 1.29 is 17.9 Å². The lowest BCUT2D eigenvalue weighted by atomic mass is 10.0. The van der Waals surface area contributed by atoms with Crippen LogP contribution in [0.15, 0.2) is 67.0 Å². The van der Waals surface area contributed by atoms with E-state index in [9.17, 15) is 13.2 Å². The highest BCUT2D eigenvalue weighted by molar-refractivity contribution is 5.94. The van der Waals surface area contributed by atoms with Crippen LogP contribution in [0.4, 0.5) is 19.0 Å². The van der Waals surface area contributed by atoms with Crippen molar-refractivity contribution in [2.75, 3.05) is 39.1 Å². The fraction of sp³-hybridized carbons (Fsp3) is 0.240. The van der Waals surface area contributed by atoms with Crippen molar-refractivity contribution in [3.8, 4) is 28.3 Å². The normalized spacial score (nSPS) is 11.7. The van der Waals surface area contributed by atoms with Gasteiger partial charge in [-0.15, -0.1) is 0 Å². The molecule has 0 aliphatic carbocycles. The molecular formula is C25H24F3N5O. The number of nitrogens with one attached hydrogen (secondary N) is 1. The molecule has 0 bridgehead atoms. The van der Waals surface area contributed by atoms with E-state index in [0.29, 0.717) is 17.4 Å². The number of nitrogens with zero attached hydrogens (tertiary/aromatic N) is 4. The predicted octanol–water partition coefficient (Wildman–Crippen LogP) is 5.27. The van der Waals surface area contributed by atoms with Crippen molar-refractivity contribution in [2.45, 2.75) is 6.18 Å². The van der Waals surface area contributed by atoms with Gasteiger partial charge >= 0.3 is 6.18 Å². The molecule has 0 aliphatic rings. The number of pyridine rings is 1. The number of alkyl halides is 3. The van der Waals surface area contributed by atoms with Gasteiger partial charge in [-0.2, -0.15) is 13.2 Å². The first-order chi connectivity index (χ1) is 16.3. The third-order valence-electron chi connectivity index (χ3n) is 5.21. The minimum atomic E-state index is -4.22. The smallest absolute Gasteiger partial charge is 0.401 e. The van der Waals surface area contributed by atoms with Crippen LogP contribution in [0, 0.1) is 0 Å². The van der Waals surface area contributed by atoms with Gasteiger partial charge in [0.25, 0.3) is 0 Å². The first kappa shape index (κ1) is 23.4. The van der Waals surface area contributed by atoms with Crippen LogP contribution in [0.2, 0.25) is 0 Å². The molecule has 1 N–H and O–H groups in total. The van der Waals surface area contributed by atoms with Crippen LogP contribution in [0.5, 0.6) is 5.75 Å². The van der Waals surface area contributed by atoms with E-state index in [2.05, 4.69) is 20.3 Å². The summed E-state index contributed by atoms with van der Waals surface area (Å²) >= 11 is 0. The maximum Gasteiger partial charge on any atom is 0.401 e. The largest absolute Gasteiger partial charge is 0.492 e. The molecule has 6 nitrogen and oxygen atoms in total.